The number of hydrogen-bond donors (Lipinski definition) is 3. The Balaban J connectivity index is 1.50. The Hall–Kier alpha value is -2.67. The molecule has 1 aromatic carbocycles. The summed E-state index contributed by atoms with van der Waals surface area (Å²) in [5, 5.41) is 7.36. The summed E-state index contributed by atoms with van der Waals surface area (Å²) >= 11 is 0. The lowest BCUT2D eigenvalue weighted by atomic mass is 10.2. The lowest BCUT2D eigenvalue weighted by Crippen LogP contribution is -2.41. The number of benzene rings is 1. The number of aromatic nitrogens is 1. The van der Waals surface area contributed by atoms with Crippen LogP contribution in [-0.4, -0.2) is 42.3 Å². The van der Waals surface area contributed by atoms with Gasteiger partial charge < -0.3 is 15.0 Å². The van der Waals surface area contributed by atoms with Crippen molar-refractivity contribution in [1.82, 2.24) is 15.7 Å². The van der Waals surface area contributed by atoms with E-state index in [1.54, 1.807) is 6.20 Å². The number of ether oxygens (including phenoxy) is 1. The number of para-hydroxylation sites is 1. The van der Waals surface area contributed by atoms with Gasteiger partial charge in [0.05, 0.1) is 12.3 Å². The second-order valence-corrected chi connectivity index (χ2v) is 5.33. The third-order valence-electron chi connectivity index (χ3n) is 3.71. The topological polar surface area (TPSA) is 95.6 Å². The summed E-state index contributed by atoms with van der Waals surface area (Å²) in [4.78, 5) is 26.4. The highest BCUT2D eigenvalue weighted by atomic mass is 16.5. The molecule has 1 saturated heterocycles. The molecule has 0 saturated carbocycles. The maximum Gasteiger partial charge on any atom is 0.329 e. The number of rotatable bonds is 4. The molecule has 0 spiro atoms. The van der Waals surface area contributed by atoms with Gasteiger partial charge in [-0.3, -0.25) is 9.59 Å². The Morgan fingerprint density at radius 2 is 2.22 bits per heavy atom. The zero-order valence-corrected chi connectivity index (χ0v) is 12.5. The van der Waals surface area contributed by atoms with Gasteiger partial charge in [-0.05, 0) is 18.9 Å². The van der Waals surface area contributed by atoms with Crippen molar-refractivity contribution in [2.75, 3.05) is 13.2 Å². The van der Waals surface area contributed by atoms with E-state index < -0.39 is 11.8 Å². The minimum Gasteiger partial charge on any atom is -0.376 e. The molecule has 0 radical (unpaired) electrons. The van der Waals surface area contributed by atoms with Crippen LogP contribution >= 0.6 is 0 Å². The van der Waals surface area contributed by atoms with Crippen LogP contribution in [-0.2, 0) is 14.3 Å². The third-order valence-corrected chi connectivity index (χ3v) is 3.71. The number of nitrogens with zero attached hydrogens (tertiary/aromatic N) is 1. The molecule has 23 heavy (non-hydrogen) atoms. The standard InChI is InChI=1S/C16H18N4O3/c21-15(18-10-12-4-3-7-23-12)16(22)20-19-9-11-8-17-14-6-2-1-5-13(11)14/h1-2,5-6,8-9,12,17H,3-4,7,10H2,(H,18,21)(H,20,22)/b19-9+. The molecule has 1 aromatic heterocycles. The van der Waals surface area contributed by atoms with Gasteiger partial charge in [0.2, 0.25) is 0 Å². The van der Waals surface area contributed by atoms with Gasteiger partial charge in [-0.1, -0.05) is 18.2 Å². The molecule has 0 aliphatic carbocycles. The number of hydrazone groups is 1. The summed E-state index contributed by atoms with van der Waals surface area (Å²) in [5.74, 6) is -1.50. The van der Waals surface area contributed by atoms with E-state index in [4.69, 9.17) is 4.74 Å². The molecule has 3 N–H and O–H groups in total. The average Bonchev–Trinajstić information content (AvgIpc) is 3.22. The number of nitrogens with one attached hydrogen (secondary N) is 3. The summed E-state index contributed by atoms with van der Waals surface area (Å²) < 4.78 is 5.37. The molecule has 120 valence electrons. The van der Waals surface area contributed by atoms with Gasteiger partial charge in [-0.2, -0.15) is 5.10 Å². The van der Waals surface area contributed by atoms with Crippen molar-refractivity contribution in [1.29, 1.82) is 0 Å². The van der Waals surface area contributed by atoms with Crippen molar-refractivity contribution in [3.8, 4) is 0 Å². The lowest BCUT2D eigenvalue weighted by molar-refractivity contribution is -0.139. The monoisotopic (exact) mass is 314 g/mol. The van der Waals surface area contributed by atoms with Gasteiger partial charge in [0.15, 0.2) is 0 Å². The molecule has 3 rings (SSSR count). The van der Waals surface area contributed by atoms with Crippen LogP contribution in [0, 0.1) is 0 Å². The highest BCUT2D eigenvalue weighted by Crippen LogP contribution is 2.15. The summed E-state index contributed by atoms with van der Waals surface area (Å²) in [6.07, 6.45) is 5.19. The third kappa shape index (κ3) is 3.75. The van der Waals surface area contributed by atoms with E-state index in [0.29, 0.717) is 13.2 Å². The summed E-state index contributed by atoms with van der Waals surface area (Å²) in [6.45, 7) is 1.06. The number of H-pyrrole nitrogens is 1. The molecule has 1 unspecified atom stereocenters. The van der Waals surface area contributed by atoms with E-state index in [0.717, 1.165) is 29.3 Å². The highest BCUT2D eigenvalue weighted by molar-refractivity contribution is 6.35. The van der Waals surface area contributed by atoms with Gasteiger partial charge >= 0.3 is 11.8 Å². The van der Waals surface area contributed by atoms with Crippen LogP contribution < -0.4 is 10.7 Å². The van der Waals surface area contributed by atoms with Gasteiger partial charge in [0, 0.05) is 35.8 Å². The number of hydrogen-bond acceptors (Lipinski definition) is 4. The van der Waals surface area contributed by atoms with Crippen molar-refractivity contribution in [3.63, 3.8) is 0 Å². The Labute approximate surface area is 133 Å². The molecule has 1 aliphatic heterocycles. The van der Waals surface area contributed by atoms with Crippen LogP contribution in [0.3, 0.4) is 0 Å². The highest BCUT2D eigenvalue weighted by Gasteiger charge is 2.18. The van der Waals surface area contributed by atoms with Crippen LogP contribution in [0.1, 0.15) is 18.4 Å². The van der Waals surface area contributed by atoms with Crippen LogP contribution in [0.15, 0.2) is 35.6 Å². The Kier molecular flexibility index (Phi) is 4.68. The molecule has 1 atom stereocenters. The molecular formula is C16H18N4O3. The Bertz CT molecular complexity index is 732. The smallest absolute Gasteiger partial charge is 0.329 e. The first-order chi connectivity index (χ1) is 11.2. The lowest BCUT2D eigenvalue weighted by Gasteiger charge is -2.09. The molecule has 2 amide bonds. The predicted molar refractivity (Wildman–Crippen MR) is 86.0 cm³/mol. The molecule has 2 aromatic rings. The molecule has 1 aliphatic rings. The second kappa shape index (κ2) is 7.06. The maximum atomic E-state index is 11.7. The van der Waals surface area contributed by atoms with Gasteiger partial charge in [-0.25, -0.2) is 5.43 Å². The molecule has 1 fully saturated rings. The van der Waals surface area contributed by atoms with Crippen LogP contribution in [0.4, 0.5) is 0 Å². The number of aromatic amines is 1. The van der Waals surface area contributed by atoms with Gasteiger partial charge in [0.25, 0.3) is 0 Å². The molecule has 7 heteroatoms. The maximum absolute atomic E-state index is 11.7. The van der Waals surface area contributed by atoms with Gasteiger partial charge in [-0.15, -0.1) is 0 Å². The van der Waals surface area contributed by atoms with E-state index in [1.165, 1.54) is 6.21 Å². The summed E-state index contributed by atoms with van der Waals surface area (Å²) in [7, 11) is 0. The fraction of sp³-hybridized carbons (Fsp3) is 0.312. The first-order valence-corrected chi connectivity index (χ1v) is 7.53. The average molecular weight is 314 g/mol. The quantitative estimate of drug-likeness (QED) is 0.445. The van der Waals surface area contributed by atoms with Crippen molar-refractivity contribution < 1.29 is 14.3 Å². The SMILES string of the molecule is O=C(NCC1CCCO1)C(=O)N/N=C/c1c[nH]c2ccccc12. The molecular weight excluding hydrogens is 296 g/mol. The van der Waals surface area contributed by atoms with Crippen molar-refractivity contribution in [2.45, 2.75) is 18.9 Å². The molecule has 7 nitrogen and oxygen atoms in total. The van der Waals surface area contributed by atoms with E-state index in [2.05, 4.69) is 20.8 Å². The number of fused-ring (bicyclic) bond motifs is 1. The normalized spacial score (nSPS) is 17.7. The van der Waals surface area contributed by atoms with Crippen molar-refractivity contribution in [3.05, 3.63) is 36.0 Å². The summed E-state index contributed by atoms with van der Waals surface area (Å²) in [5.41, 5.74) is 4.04. The largest absolute Gasteiger partial charge is 0.376 e. The molecule has 2 heterocycles. The van der Waals surface area contributed by atoms with Crippen LogP contribution in [0.25, 0.3) is 10.9 Å². The van der Waals surface area contributed by atoms with E-state index in [1.807, 2.05) is 24.3 Å². The fourth-order valence-corrected chi connectivity index (χ4v) is 2.50. The fourth-order valence-electron chi connectivity index (χ4n) is 2.50. The van der Waals surface area contributed by atoms with Crippen LogP contribution in [0.2, 0.25) is 0 Å². The van der Waals surface area contributed by atoms with E-state index in [9.17, 15) is 9.59 Å². The van der Waals surface area contributed by atoms with Crippen LogP contribution in [0.5, 0.6) is 0 Å². The molecule has 0 bridgehead atoms. The second-order valence-electron chi connectivity index (χ2n) is 5.33. The number of amides is 2. The zero-order chi connectivity index (χ0) is 16.1. The number of carbonyl (C=O) groups excluding carboxylic acids is 2. The minimum absolute atomic E-state index is 0.00136. The van der Waals surface area contributed by atoms with E-state index >= 15 is 0 Å². The Morgan fingerprint density at radius 3 is 3.04 bits per heavy atom. The Morgan fingerprint density at radius 1 is 1.35 bits per heavy atom. The first-order valence-electron chi connectivity index (χ1n) is 7.53. The summed E-state index contributed by atoms with van der Waals surface area (Å²) in [6, 6.07) is 7.75. The number of carbonyl (C=O) groups is 2. The predicted octanol–water partition coefficient (Wildman–Crippen LogP) is 0.913. The van der Waals surface area contributed by atoms with E-state index in [-0.39, 0.29) is 6.10 Å². The van der Waals surface area contributed by atoms with Crippen molar-refractivity contribution in [2.24, 2.45) is 5.10 Å². The van der Waals surface area contributed by atoms with Crippen molar-refractivity contribution >= 4 is 28.9 Å². The zero-order valence-electron chi connectivity index (χ0n) is 12.5. The minimum atomic E-state index is -0.793. The first kappa shape index (κ1) is 15.2. The van der Waals surface area contributed by atoms with Gasteiger partial charge in [0.1, 0.15) is 0 Å².